The second kappa shape index (κ2) is 6.90. The van der Waals surface area contributed by atoms with Crippen LogP contribution in [-0.2, 0) is 7.05 Å². The third kappa shape index (κ3) is 3.53. The maximum absolute atomic E-state index is 4.65. The Balaban J connectivity index is 2.45. The highest BCUT2D eigenvalue weighted by molar-refractivity contribution is 5.70. The average molecular weight is 285 g/mol. The highest BCUT2D eigenvalue weighted by Gasteiger charge is 2.17. The molecule has 3 nitrogen and oxygen atoms in total. The van der Waals surface area contributed by atoms with Crippen LogP contribution < -0.4 is 5.32 Å². The van der Waals surface area contributed by atoms with E-state index in [9.17, 15) is 0 Å². The molecule has 0 radical (unpaired) electrons. The van der Waals surface area contributed by atoms with Crippen molar-refractivity contribution in [3.63, 3.8) is 0 Å². The lowest BCUT2D eigenvalue weighted by molar-refractivity contribution is 0.571. The van der Waals surface area contributed by atoms with Gasteiger partial charge >= 0.3 is 0 Å². The molecule has 2 aromatic rings. The molecule has 21 heavy (non-hydrogen) atoms. The normalized spacial score (nSPS) is 12.9. The van der Waals surface area contributed by atoms with Crippen LogP contribution in [0.4, 0.5) is 0 Å². The Hall–Kier alpha value is -1.61. The SMILES string of the molecule is CCCNC(C)c1ccccc1-c1cn(C)nc1C(C)C. The number of hydrogen-bond acceptors (Lipinski definition) is 2. The Bertz CT molecular complexity index is 584. The summed E-state index contributed by atoms with van der Waals surface area (Å²) in [7, 11) is 2.00. The minimum Gasteiger partial charge on any atom is -0.310 e. The molecule has 0 fully saturated rings. The Labute approximate surface area is 128 Å². The lowest BCUT2D eigenvalue weighted by Gasteiger charge is -2.18. The Morgan fingerprint density at radius 3 is 2.52 bits per heavy atom. The Morgan fingerprint density at radius 1 is 1.14 bits per heavy atom. The number of benzene rings is 1. The predicted molar refractivity (Wildman–Crippen MR) is 89.4 cm³/mol. The zero-order chi connectivity index (χ0) is 15.4. The Morgan fingerprint density at radius 2 is 1.86 bits per heavy atom. The number of nitrogens with one attached hydrogen (secondary N) is 1. The van der Waals surface area contributed by atoms with Crippen LogP contribution >= 0.6 is 0 Å². The molecule has 0 bridgehead atoms. The predicted octanol–water partition coefficient (Wildman–Crippen LogP) is 4.27. The molecule has 114 valence electrons. The smallest absolute Gasteiger partial charge is 0.0728 e. The van der Waals surface area contributed by atoms with Gasteiger partial charge in [0.2, 0.25) is 0 Å². The molecule has 3 heteroatoms. The molecular formula is C18H27N3. The van der Waals surface area contributed by atoms with Crippen LogP contribution in [-0.4, -0.2) is 16.3 Å². The standard InChI is InChI=1S/C18H27N3/c1-6-11-19-14(4)15-9-7-8-10-16(15)17-12-21(5)20-18(17)13(2)3/h7-10,12-14,19H,6,11H2,1-5H3. The van der Waals surface area contributed by atoms with E-state index >= 15 is 0 Å². The van der Waals surface area contributed by atoms with Gasteiger partial charge in [-0.1, -0.05) is 45.0 Å². The molecule has 1 aromatic heterocycles. The minimum absolute atomic E-state index is 0.348. The van der Waals surface area contributed by atoms with Crippen LogP contribution in [0, 0.1) is 0 Å². The molecule has 0 saturated heterocycles. The van der Waals surface area contributed by atoms with E-state index in [-0.39, 0.29) is 0 Å². The Kier molecular flexibility index (Phi) is 5.18. The topological polar surface area (TPSA) is 29.9 Å². The molecule has 1 N–H and O–H groups in total. The van der Waals surface area contributed by atoms with E-state index in [2.05, 4.69) is 68.6 Å². The van der Waals surface area contributed by atoms with E-state index in [1.54, 1.807) is 0 Å². The third-order valence-electron chi connectivity index (χ3n) is 3.82. The fraction of sp³-hybridized carbons (Fsp3) is 0.500. The van der Waals surface area contributed by atoms with Crippen molar-refractivity contribution in [1.29, 1.82) is 0 Å². The summed E-state index contributed by atoms with van der Waals surface area (Å²) in [5.74, 6) is 0.424. The van der Waals surface area contributed by atoms with Crippen molar-refractivity contribution in [1.82, 2.24) is 15.1 Å². The van der Waals surface area contributed by atoms with Crippen LogP contribution in [0.2, 0.25) is 0 Å². The van der Waals surface area contributed by atoms with Crippen LogP contribution in [0.1, 0.15) is 57.3 Å². The second-order valence-corrected chi connectivity index (χ2v) is 6.02. The van der Waals surface area contributed by atoms with Crippen LogP contribution in [0.25, 0.3) is 11.1 Å². The lowest BCUT2D eigenvalue weighted by Crippen LogP contribution is -2.19. The highest BCUT2D eigenvalue weighted by Crippen LogP contribution is 2.33. The number of hydrogen-bond donors (Lipinski definition) is 1. The van der Waals surface area contributed by atoms with Crippen LogP contribution in [0.5, 0.6) is 0 Å². The van der Waals surface area contributed by atoms with Gasteiger partial charge < -0.3 is 5.32 Å². The van der Waals surface area contributed by atoms with Crippen molar-refractivity contribution < 1.29 is 0 Å². The van der Waals surface area contributed by atoms with Gasteiger partial charge in [-0.3, -0.25) is 4.68 Å². The summed E-state index contributed by atoms with van der Waals surface area (Å²) in [6, 6.07) is 9.01. The fourth-order valence-corrected chi connectivity index (χ4v) is 2.73. The molecule has 0 amide bonds. The average Bonchev–Trinajstić information content (AvgIpc) is 2.87. The monoisotopic (exact) mass is 285 g/mol. The lowest BCUT2D eigenvalue weighted by atomic mass is 9.93. The molecule has 1 heterocycles. The van der Waals surface area contributed by atoms with E-state index in [4.69, 9.17) is 0 Å². The number of nitrogens with zero attached hydrogens (tertiary/aromatic N) is 2. The number of aromatic nitrogens is 2. The zero-order valence-electron chi connectivity index (χ0n) is 13.9. The first-order valence-corrected chi connectivity index (χ1v) is 7.90. The fourth-order valence-electron chi connectivity index (χ4n) is 2.73. The third-order valence-corrected chi connectivity index (χ3v) is 3.82. The molecule has 0 aliphatic heterocycles. The molecule has 0 saturated carbocycles. The van der Waals surface area contributed by atoms with E-state index < -0.39 is 0 Å². The number of rotatable bonds is 6. The van der Waals surface area contributed by atoms with Gasteiger partial charge in [-0.25, -0.2) is 0 Å². The first-order chi connectivity index (χ1) is 10.0. The zero-order valence-corrected chi connectivity index (χ0v) is 13.9. The van der Waals surface area contributed by atoms with Crippen molar-refractivity contribution in [3.8, 4) is 11.1 Å². The summed E-state index contributed by atoms with van der Waals surface area (Å²) < 4.78 is 1.92. The molecule has 1 aromatic carbocycles. The molecular weight excluding hydrogens is 258 g/mol. The van der Waals surface area contributed by atoms with E-state index in [1.165, 1.54) is 22.4 Å². The summed E-state index contributed by atoms with van der Waals surface area (Å²) in [5.41, 5.74) is 5.08. The highest BCUT2D eigenvalue weighted by atomic mass is 15.3. The van der Waals surface area contributed by atoms with Gasteiger partial charge in [0.15, 0.2) is 0 Å². The summed E-state index contributed by atoms with van der Waals surface area (Å²) in [4.78, 5) is 0. The minimum atomic E-state index is 0.348. The molecule has 1 unspecified atom stereocenters. The molecule has 1 atom stereocenters. The van der Waals surface area contributed by atoms with Crippen molar-refractivity contribution in [2.24, 2.45) is 7.05 Å². The van der Waals surface area contributed by atoms with Crippen LogP contribution in [0.15, 0.2) is 30.5 Å². The van der Waals surface area contributed by atoms with Gasteiger partial charge in [-0.2, -0.15) is 5.10 Å². The second-order valence-electron chi connectivity index (χ2n) is 6.02. The largest absolute Gasteiger partial charge is 0.310 e. The molecule has 2 rings (SSSR count). The summed E-state index contributed by atoms with van der Waals surface area (Å²) in [6.07, 6.45) is 3.29. The van der Waals surface area contributed by atoms with Crippen molar-refractivity contribution in [2.45, 2.75) is 46.1 Å². The van der Waals surface area contributed by atoms with E-state index in [0.29, 0.717) is 12.0 Å². The molecule has 0 spiro atoms. The van der Waals surface area contributed by atoms with E-state index in [1.807, 2.05) is 11.7 Å². The van der Waals surface area contributed by atoms with Crippen molar-refractivity contribution >= 4 is 0 Å². The summed E-state index contributed by atoms with van der Waals surface area (Å²) in [5, 5.41) is 8.23. The maximum atomic E-state index is 4.65. The van der Waals surface area contributed by atoms with Gasteiger partial charge in [0.05, 0.1) is 5.69 Å². The first-order valence-electron chi connectivity index (χ1n) is 7.90. The van der Waals surface area contributed by atoms with Gasteiger partial charge in [-0.05, 0) is 36.9 Å². The van der Waals surface area contributed by atoms with Gasteiger partial charge in [0.1, 0.15) is 0 Å². The van der Waals surface area contributed by atoms with Crippen molar-refractivity contribution in [3.05, 3.63) is 41.7 Å². The molecule has 0 aliphatic rings. The summed E-state index contributed by atoms with van der Waals surface area (Å²) >= 11 is 0. The molecule has 0 aliphatic carbocycles. The van der Waals surface area contributed by atoms with Gasteiger partial charge in [0.25, 0.3) is 0 Å². The number of aryl methyl sites for hydroxylation is 1. The van der Waals surface area contributed by atoms with Gasteiger partial charge in [-0.15, -0.1) is 0 Å². The summed E-state index contributed by atoms with van der Waals surface area (Å²) in [6.45, 7) is 9.88. The maximum Gasteiger partial charge on any atom is 0.0728 e. The van der Waals surface area contributed by atoms with E-state index in [0.717, 1.165) is 13.0 Å². The quantitative estimate of drug-likeness (QED) is 0.859. The van der Waals surface area contributed by atoms with Crippen molar-refractivity contribution in [2.75, 3.05) is 6.54 Å². The first kappa shape index (κ1) is 15.8. The van der Waals surface area contributed by atoms with Gasteiger partial charge in [0, 0.05) is 24.8 Å². The van der Waals surface area contributed by atoms with Crippen LogP contribution in [0.3, 0.4) is 0 Å².